The van der Waals surface area contributed by atoms with Crippen LogP contribution in [0.1, 0.15) is 12.0 Å². The molecule has 0 radical (unpaired) electrons. The molecule has 7 nitrogen and oxygen atoms in total. The second-order valence-corrected chi connectivity index (χ2v) is 5.87. The molecule has 0 spiro atoms. The zero-order chi connectivity index (χ0) is 17.8. The molecule has 1 aromatic carbocycles. The van der Waals surface area contributed by atoms with Crippen molar-refractivity contribution in [2.75, 3.05) is 23.9 Å². The van der Waals surface area contributed by atoms with Gasteiger partial charge in [0.1, 0.15) is 11.6 Å². The van der Waals surface area contributed by atoms with Crippen molar-refractivity contribution in [2.45, 2.75) is 19.4 Å². The lowest BCUT2D eigenvalue weighted by molar-refractivity contribution is -0.117. The van der Waals surface area contributed by atoms with Gasteiger partial charge in [0.25, 0.3) is 0 Å². The third kappa shape index (κ3) is 3.88. The van der Waals surface area contributed by atoms with Gasteiger partial charge in [-0.15, -0.1) is 0 Å². The molecule has 2 aromatic rings. The summed E-state index contributed by atoms with van der Waals surface area (Å²) < 4.78 is 5.12. The van der Waals surface area contributed by atoms with Gasteiger partial charge in [0.15, 0.2) is 0 Å². The van der Waals surface area contributed by atoms with Gasteiger partial charge in [-0.1, -0.05) is 6.07 Å². The lowest BCUT2D eigenvalue weighted by atomic mass is 10.2. The molecule has 0 unspecified atom stereocenters. The fraction of sp³-hybridized carbons (Fsp3) is 0.278. The minimum Gasteiger partial charge on any atom is -0.497 e. The van der Waals surface area contributed by atoms with Crippen LogP contribution >= 0.6 is 0 Å². The zero-order valence-corrected chi connectivity index (χ0v) is 14.2. The van der Waals surface area contributed by atoms with Crippen LogP contribution in [0.3, 0.4) is 0 Å². The highest BCUT2D eigenvalue weighted by Gasteiger charge is 2.31. The smallest absolute Gasteiger partial charge is 0.320 e. The Balaban J connectivity index is 1.60. The summed E-state index contributed by atoms with van der Waals surface area (Å²) in [6, 6.07) is 10.3. The molecule has 7 heteroatoms. The number of urea groups is 1. The highest BCUT2D eigenvalue weighted by Crippen LogP contribution is 2.24. The van der Waals surface area contributed by atoms with Crippen LogP contribution in [0.15, 0.2) is 42.6 Å². The van der Waals surface area contributed by atoms with Crippen LogP contribution in [0.5, 0.6) is 5.75 Å². The number of nitrogens with zero attached hydrogens (tertiary/aromatic N) is 2. The molecule has 0 aliphatic carbocycles. The number of ether oxygens (including phenoxy) is 1. The number of hydrogen-bond donors (Lipinski definition) is 2. The Bertz CT molecular complexity index is 776. The number of nitrogens with one attached hydrogen (secondary N) is 2. The van der Waals surface area contributed by atoms with E-state index in [9.17, 15) is 9.59 Å². The number of pyridine rings is 1. The number of carbonyl (C=O) groups excluding carboxylic acids is 2. The number of benzene rings is 1. The summed E-state index contributed by atoms with van der Waals surface area (Å²) >= 11 is 0. The molecule has 2 N–H and O–H groups in total. The first-order valence-corrected chi connectivity index (χ1v) is 8.00. The number of aromatic nitrogens is 1. The minimum absolute atomic E-state index is 0.0236. The Morgan fingerprint density at radius 3 is 2.72 bits per heavy atom. The van der Waals surface area contributed by atoms with E-state index in [-0.39, 0.29) is 24.4 Å². The van der Waals surface area contributed by atoms with Gasteiger partial charge in [0.05, 0.1) is 13.2 Å². The standard InChI is InChI=1S/C18H20N4O3/c1-12-4-3-9-19-17(12)21-18(24)20-13-10-16(23)22(11-13)14-5-7-15(25-2)8-6-14/h3-9,13H,10-11H2,1-2H3,(H2,19,20,21,24)/t13-/m1/s1. The molecule has 1 saturated heterocycles. The van der Waals surface area contributed by atoms with E-state index in [1.807, 2.05) is 25.1 Å². The molecule has 3 rings (SSSR count). The van der Waals surface area contributed by atoms with Crippen LogP contribution in [0, 0.1) is 6.92 Å². The molecule has 1 fully saturated rings. The van der Waals surface area contributed by atoms with Gasteiger partial charge in [-0.3, -0.25) is 10.1 Å². The molecule has 1 aromatic heterocycles. The minimum atomic E-state index is -0.365. The average Bonchev–Trinajstić information content (AvgIpc) is 2.97. The van der Waals surface area contributed by atoms with Crippen LogP contribution in [-0.2, 0) is 4.79 Å². The molecule has 2 heterocycles. The van der Waals surface area contributed by atoms with E-state index in [1.165, 1.54) is 0 Å². The first-order valence-electron chi connectivity index (χ1n) is 8.00. The van der Waals surface area contributed by atoms with Crippen LogP contribution in [0.25, 0.3) is 0 Å². The van der Waals surface area contributed by atoms with Gasteiger partial charge < -0.3 is 15.0 Å². The number of rotatable bonds is 4. The van der Waals surface area contributed by atoms with Gasteiger partial charge in [0, 0.05) is 24.8 Å². The topological polar surface area (TPSA) is 83.6 Å². The van der Waals surface area contributed by atoms with Crippen LogP contribution in [0.4, 0.5) is 16.3 Å². The van der Waals surface area contributed by atoms with E-state index in [4.69, 9.17) is 4.74 Å². The Hall–Kier alpha value is -3.09. The summed E-state index contributed by atoms with van der Waals surface area (Å²) in [5.41, 5.74) is 1.66. The number of hydrogen-bond acceptors (Lipinski definition) is 4. The number of anilines is 2. The average molecular weight is 340 g/mol. The Kier molecular flexibility index (Phi) is 4.83. The van der Waals surface area contributed by atoms with Gasteiger partial charge in [0.2, 0.25) is 5.91 Å². The van der Waals surface area contributed by atoms with Gasteiger partial charge in [-0.25, -0.2) is 9.78 Å². The van der Waals surface area contributed by atoms with Gasteiger partial charge in [-0.2, -0.15) is 0 Å². The van der Waals surface area contributed by atoms with Crippen molar-refractivity contribution in [3.05, 3.63) is 48.2 Å². The largest absolute Gasteiger partial charge is 0.497 e. The third-order valence-corrected chi connectivity index (χ3v) is 4.09. The number of methoxy groups -OCH3 is 1. The number of amides is 3. The molecule has 1 aliphatic rings. The lowest BCUT2D eigenvalue weighted by Crippen LogP contribution is -2.40. The summed E-state index contributed by atoms with van der Waals surface area (Å²) in [6.07, 6.45) is 1.88. The molecule has 1 aliphatic heterocycles. The van der Waals surface area contributed by atoms with Crippen molar-refractivity contribution in [2.24, 2.45) is 0 Å². The predicted molar refractivity (Wildman–Crippen MR) is 94.9 cm³/mol. The molecule has 130 valence electrons. The second-order valence-electron chi connectivity index (χ2n) is 5.87. The van der Waals surface area contributed by atoms with Crippen molar-refractivity contribution < 1.29 is 14.3 Å². The van der Waals surface area contributed by atoms with Crippen LogP contribution in [-0.4, -0.2) is 36.6 Å². The monoisotopic (exact) mass is 340 g/mol. The summed E-state index contributed by atoms with van der Waals surface area (Å²) in [7, 11) is 1.60. The Labute approximate surface area is 146 Å². The van der Waals surface area contributed by atoms with E-state index < -0.39 is 0 Å². The number of aryl methyl sites for hydroxylation is 1. The third-order valence-electron chi connectivity index (χ3n) is 4.09. The highest BCUT2D eigenvalue weighted by atomic mass is 16.5. The van der Waals surface area contributed by atoms with Gasteiger partial charge in [-0.05, 0) is 42.8 Å². The Morgan fingerprint density at radius 2 is 2.04 bits per heavy atom. The summed E-state index contributed by atoms with van der Waals surface area (Å²) in [5.74, 6) is 1.22. The molecule has 0 saturated carbocycles. The van der Waals surface area contributed by atoms with Crippen LogP contribution in [0.2, 0.25) is 0 Å². The lowest BCUT2D eigenvalue weighted by Gasteiger charge is -2.18. The summed E-state index contributed by atoms with van der Waals surface area (Å²) in [6.45, 7) is 2.30. The van der Waals surface area contributed by atoms with Crippen molar-refractivity contribution in [1.29, 1.82) is 0 Å². The maximum Gasteiger partial charge on any atom is 0.320 e. The maximum absolute atomic E-state index is 12.2. The van der Waals surface area contributed by atoms with E-state index in [0.29, 0.717) is 12.4 Å². The summed E-state index contributed by atoms with van der Waals surface area (Å²) in [5, 5.41) is 5.54. The van der Waals surface area contributed by atoms with Gasteiger partial charge >= 0.3 is 6.03 Å². The van der Waals surface area contributed by atoms with Crippen molar-refractivity contribution in [1.82, 2.24) is 10.3 Å². The molecule has 3 amide bonds. The molecule has 25 heavy (non-hydrogen) atoms. The predicted octanol–water partition coefficient (Wildman–Crippen LogP) is 2.33. The fourth-order valence-corrected chi connectivity index (χ4v) is 2.76. The number of carbonyl (C=O) groups is 2. The first-order chi connectivity index (χ1) is 12.1. The van der Waals surface area contributed by atoms with E-state index in [2.05, 4.69) is 15.6 Å². The molecular formula is C18H20N4O3. The molecular weight excluding hydrogens is 320 g/mol. The normalized spacial score (nSPS) is 16.6. The van der Waals surface area contributed by atoms with Crippen molar-refractivity contribution in [3.8, 4) is 5.75 Å². The maximum atomic E-state index is 12.2. The molecule has 0 bridgehead atoms. The zero-order valence-electron chi connectivity index (χ0n) is 14.2. The quantitative estimate of drug-likeness (QED) is 0.895. The first kappa shape index (κ1) is 16.8. The van der Waals surface area contributed by atoms with Crippen molar-refractivity contribution in [3.63, 3.8) is 0 Å². The van der Waals surface area contributed by atoms with E-state index in [0.717, 1.165) is 17.0 Å². The highest BCUT2D eigenvalue weighted by molar-refractivity contribution is 5.97. The fourth-order valence-electron chi connectivity index (χ4n) is 2.76. The molecule has 1 atom stereocenters. The summed E-state index contributed by atoms with van der Waals surface area (Å²) in [4.78, 5) is 30.2. The van der Waals surface area contributed by atoms with Crippen molar-refractivity contribution >= 4 is 23.4 Å². The SMILES string of the molecule is COc1ccc(N2C[C@H](NC(=O)Nc3ncccc3C)CC2=O)cc1. The van der Waals surface area contributed by atoms with E-state index >= 15 is 0 Å². The van der Waals surface area contributed by atoms with E-state index in [1.54, 1.807) is 36.4 Å². The Morgan fingerprint density at radius 1 is 1.28 bits per heavy atom. The van der Waals surface area contributed by atoms with Crippen LogP contribution < -0.4 is 20.3 Å². The second kappa shape index (κ2) is 7.21.